The van der Waals surface area contributed by atoms with E-state index in [1.807, 2.05) is 85.7 Å². The molecule has 3 aromatic carbocycles. The van der Waals surface area contributed by atoms with Gasteiger partial charge in [-0.05, 0) is 83.8 Å². The second kappa shape index (κ2) is 10.4. The number of nitrogens with one attached hydrogen (secondary N) is 1. The van der Waals surface area contributed by atoms with E-state index in [9.17, 15) is 9.59 Å². The van der Waals surface area contributed by atoms with Crippen LogP contribution in [0.4, 0.5) is 17.1 Å². The summed E-state index contributed by atoms with van der Waals surface area (Å²) in [6.45, 7) is 0.614. The quantitative estimate of drug-likeness (QED) is 0.353. The van der Waals surface area contributed by atoms with Gasteiger partial charge in [-0.2, -0.15) is 0 Å². The zero-order chi connectivity index (χ0) is 25.9. The van der Waals surface area contributed by atoms with E-state index >= 15 is 0 Å². The molecular formula is C30H27ClN4O2. The zero-order valence-electron chi connectivity index (χ0n) is 20.7. The van der Waals surface area contributed by atoms with Gasteiger partial charge in [0, 0.05) is 60.2 Å². The standard InChI is InChI=1S/C30H27ClN4O2/c1-34(2)25-10-6-20(7-11-25)27-18-22(31)8-12-26(27)30(37)33-24-9-13-28-21(17-24)14-16-35(28)29(36)19-23-5-3-4-15-32-23/h3-13,15,17-18H,14,16,19H2,1-2H3,(H,33,37). The topological polar surface area (TPSA) is 65.5 Å². The number of carbonyl (C=O) groups is 2. The highest BCUT2D eigenvalue weighted by Crippen LogP contribution is 2.33. The van der Waals surface area contributed by atoms with Gasteiger partial charge in [0.05, 0.1) is 6.42 Å². The van der Waals surface area contributed by atoms with Crippen molar-refractivity contribution < 1.29 is 9.59 Å². The van der Waals surface area contributed by atoms with Gasteiger partial charge in [-0.3, -0.25) is 14.6 Å². The van der Waals surface area contributed by atoms with Gasteiger partial charge in [0.1, 0.15) is 0 Å². The van der Waals surface area contributed by atoms with Crippen molar-refractivity contribution in [2.24, 2.45) is 0 Å². The van der Waals surface area contributed by atoms with E-state index in [0.29, 0.717) is 22.8 Å². The van der Waals surface area contributed by atoms with E-state index in [2.05, 4.69) is 10.3 Å². The predicted octanol–water partition coefficient (Wildman–Crippen LogP) is 5.85. The number of benzene rings is 3. The Bertz CT molecular complexity index is 1450. The van der Waals surface area contributed by atoms with Gasteiger partial charge in [0.2, 0.25) is 5.91 Å². The highest BCUT2D eigenvalue weighted by atomic mass is 35.5. The van der Waals surface area contributed by atoms with E-state index in [1.54, 1.807) is 23.2 Å². The van der Waals surface area contributed by atoms with Crippen molar-refractivity contribution in [2.45, 2.75) is 12.8 Å². The number of carbonyl (C=O) groups excluding carboxylic acids is 2. The highest BCUT2D eigenvalue weighted by Gasteiger charge is 2.25. The van der Waals surface area contributed by atoms with Crippen LogP contribution in [0.3, 0.4) is 0 Å². The summed E-state index contributed by atoms with van der Waals surface area (Å²) in [6.07, 6.45) is 2.69. The van der Waals surface area contributed by atoms with E-state index in [0.717, 1.165) is 40.2 Å². The second-order valence-electron chi connectivity index (χ2n) is 9.22. The molecule has 6 nitrogen and oxygen atoms in total. The minimum Gasteiger partial charge on any atom is -0.378 e. The maximum absolute atomic E-state index is 13.3. The number of pyridine rings is 1. The Balaban J connectivity index is 1.34. The van der Waals surface area contributed by atoms with Crippen molar-refractivity contribution in [3.8, 4) is 11.1 Å². The third-order valence-electron chi connectivity index (χ3n) is 6.51. The lowest BCUT2D eigenvalue weighted by molar-refractivity contribution is -0.117. The lowest BCUT2D eigenvalue weighted by Gasteiger charge is -2.18. The van der Waals surface area contributed by atoms with Crippen molar-refractivity contribution in [1.82, 2.24) is 4.98 Å². The third-order valence-corrected chi connectivity index (χ3v) is 6.75. The number of anilines is 3. The van der Waals surface area contributed by atoms with E-state index in [4.69, 9.17) is 11.6 Å². The van der Waals surface area contributed by atoms with Crippen LogP contribution < -0.4 is 15.1 Å². The number of halogens is 1. The van der Waals surface area contributed by atoms with Crippen LogP contribution in [0.15, 0.2) is 85.1 Å². The predicted molar refractivity (Wildman–Crippen MR) is 150 cm³/mol. The summed E-state index contributed by atoms with van der Waals surface area (Å²) < 4.78 is 0. The number of hydrogen-bond acceptors (Lipinski definition) is 4. The number of hydrogen-bond donors (Lipinski definition) is 1. The molecule has 37 heavy (non-hydrogen) atoms. The van der Waals surface area contributed by atoms with Crippen molar-refractivity contribution in [1.29, 1.82) is 0 Å². The summed E-state index contributed by atoms with van der Waals surface area (Å²) in [5.41, 5.74) is 6.63. The maximum Gasteiger partial charge on any atom is 0.256 e. The molecule has 0 saturated carbocycles. The molecule has 0 bridgehead atoms. The van der Waals surface area contributed by atoms with Gasteiger partial charge in [-0.15, -0.1) is 0 Å². The van der Waals surface area contributed by atoms with Crippen LogP contribution in [-0.4, -0.2) is 37.4 Å². The maximum atomic E-state index is 13.3. The fourth-order valence-electron chi connectivity index (χ4n) is 4.58. The molecule has 5 rings (SSSR count). The molecule has 4 aromatic rings. The van der Waals surface area contributed by atoms with Crippen molar-refractivity contribution >= 4 is 40.5 Å². The average Bonchev–Trinajstić information content (AvgIpc) is 3.32. The Morgan fingerprint density at radius 1 is 1.00 bits per heavy atom. The molecule has 1 N–H and O–H groups in total. The first-order chi connectivity index (χ1) is 17.9. The summed E-state index contributed by atoms with van der Waals surface area (Å²) in [5.74, 6) is -0.204. The normalized spacial score (nSPS) is 12.2. The molecule has 1 aromatic heterocycles. The van der Waals surface area contributed by atoms with Crippen LogP contribution in [0.25, 0.3) is 11.1 Å². The van der Waals surface area contributed by atoms with Crippen molar-refractivity contribution in [3.05, 3.63) is 107 Å². The summed E-state index contributed by atoms with van der Waals surface area (Å²) in [7, 11) is 3.97. The Kier molecular flexibility index (Phi) is 6.93. The first-order valence-electron chi connectivity index (χ1n) is 12.1. The van der Waals surface area contributed by atoms with Gasteiger partial charge in [-0.25, -0.2) is 0 Å². The van der Waals surface area contributed by atoms with Gasteiger partial charge in [0.25, 0.3) is 5.91 Å². The molecule has 0 spiro atoms. The highest BCUT2D eigenvalue weighted by molar-refractivity contribution is 6.31. The monoisotopic (exact) mass is 510 g/mol. The first kappa shape index (κ1) is 24.5. The molecule has 2 amide bonds. The molecule has 1 aliphatic heterocycles. The van der Waals surface area contributed by atoms with E-state index in [1.165, 1.54) is 0 Å². The molecule has 186 valence electrons. The molecule has 1 aliphatic rings. The Hall–Kier alpha value is -4.16. The first-order valence-corrected chi connectivity index (χ1v) is 12.5. The zero-order valence-corrected chi connectivity index (χ0v) is 21.5. The molecule has 0 saturated heterocycles. The van der Waals surface area contributed by atoms with Crippen LogP contribution in [0.2, 0.25) is 5.02 Å². The third kappa shape index (κ3) is 5.34. The van der Waals surface area contributed by atoms with Crippen molar-refractivity contribution in [3.63, 3.8) is 0 Å². The number of rotatable bonds is 6. The van der Waals surface area contributed by atoms with Gasteiger partial charge in [0.15, 0.2) is 0 Å². The van der Waals surface area contributed by atoms with E-state index in [-0.39, 0.29) is 18.2 Å². The van der Waals surface area contributed by atoms with Gasteiger partial charge >= 0.3 is 0 Å². The molecule has 0 aliphatic carbocycles. The molecule has 2 heterocycles. The van der Waals surface area contributed by atoms with Gasteiger partial charge < -0.3 is 15.1 Å². The molecule has 7 heteroatoms. The number of fused-ring (bicyclic) bond motifs is 1. The summed E-state index contributed by atoms with van der Waals surface area (Å²) >= 11 is 6.29. The number of aromatic nitrogens is 1. The Labute approximate surface area is 221 Å². The fourth-order valence-corrected chi connectivity index (χ4v) is 4.75. The summed E-state index contributed by atoms with van der Waals surface area (Å²) in [6, 6.07) is 24.6. The van der Waals surface area contributed by atoms with Crippen LogP contribution in [0.5, 0.6) is 0 Å². The lowest BCUT2D eigenvalue weighted by atomic mass is 9.98. The molecule has 0 unspecified atom stereocenters. The molecular weight excluding hydrogens is 484 g/mol. The molecule has 0 atom stereocenters. The van der Waals surface area contributed by atoms with E-state index < -0.39 is 0 Å². The smallest absolute Gasteiger partial charge is 0.256 e. The minimum absolute atomic E-state index is 0.0142. The van der Waals surface area contributed by atoms with Crippen LogP contribution in [0.1, 0.15) is 21.6 Å². The van der Waals surface area contributed by atoms with Gasteiger partial charge in [-0.1, -0.05) is 29.8 Å². The average molecular weight is 511 g/mol. The van der Waals surface area contributed by atoms with Crippen molar-refractivity contribution in [2.75, 3.05) is 35.8 Å². The lowest BCUT2D eigenvalue weighted by Crippen LogP contribution is -2.30. The second-order valence-corrected chi connectivity index (χ2v) is 9.66. The largest absolute Gasteiger partial charge is 0.378 e. The Morgan fingerprint density at radius 2 is 1.81 bits per heavy atom. The Morgan fingerprint density at radius 3 is 2.54 bits per heavy atom. The minimum atomic E-state index is -0.218. The molecule has 0 fully saturated rings. The van der Waals surface area contributed by atoms with Crippen LogP contribution >= 0.6 is 11.6 Å². The SMILES string of the molecule is CN(C)c1ccc(-c2cc(Cl)ccc2C(=O)Nc2ccc3c(c2)CCN3C(=O)Cc2ccccn2)cc1. The fraction of sp³-hybridized carbons (Fsp3) is 0.167. The molecule has 0 radical (unpaired) electrons. The number of amides is 2. The summed E-state index contributed by atoms with van der Waals surface area (Å²) in [4.78, 5) is 34.3. The number of nitrogens with zero attached hydrogens (tertiary/aromatic N) is 3. The van der Waals surface area contributed by atoms with Crippen LogP contribution in [0, 0.1) is 0 Å². The van der Waals surface area contributed by atoms with Crippen LogP contribution in [-0.2, 0) is 17.6 Å². The summed E-state index contributed by atoms with van der Waals surface area (Å²) in [5, 5.41) is 3.59.